The van der Waals surface area contributed by atoms with E-state index in [-0.39, 0.29) is 6.67 Å². The Hall–Kier alpha value is -0.850. The zero-order valence-electron chi connectivity index (χ0n) is 6.52. The maximum absolute atomic E-state index is 11.7. The smallest absolute Gasteiger partial charge is 0.0897 e. The topological polar surface area (TPSA) is 0 Å². The van der Waals surface area contributed by atoms with Gasteiger partial charge in [0.2, 0.25) is 0 Å². The highest BCUT2D eigenvalue weighted by atomic mass is 19.1. The molecule has 0 nitrogen and oxygen atoms in total. The fraction of sp³-hybridized carbons (Fsp3) is 0.300. The largest absolute Gasteiger partial charge is 0.251 e. The molecule has 0 aliphatic heterocycles. The normalized spacial score (nSPS) is 10.0. The molecule has 1 aromatic carbocycles. The summed E-state index contributed by atoms with van der Waals surface area (Å²) < 4.78 is 11.7. The first-order valence-corrected chi connectivity index (χ1v) is 3.80. The first-order chi connectivity index (χ1) is 5.33. The summed E-state index contributed by atoms with van der Waals surface area (Å²) in [5, 5.41) is 0. The third-order valence-corrected chi connectivity index (χ3v) is 1.62. The Balaban J connectivity index is 2.52. The van der Waals surface area contributed by atoms with E-state index >= 15 is 0 Å². The minimum absolute atomic E-state index is 0.230. The zero-order valence-corrected chi connectivity index (χ0v) is 6.52. The third-order valence-electron chi connectivity index (χ3n) is 1.62. The van der Waals surface area contributed by atoms with Gasteiger partial charge in [-0.3, -0.25) is 4.39 Å². The van der Waals surface area contributed by atoms with Crippen LogP contribution >= 0.6 is 0 Å². The van der Waals surface area contributed by atoms with Gasteiger partial charge in [0, 0.05) is 0 Å². The molecule has 0 heterocycles. The van der Waals surface area contributed by atoms with E-state index in [9.17, 15) is 4.39 Å². The van der Waals surface area contributed by atoms with E-state index in [1.807, 2.05) is 24.3 Å². The Morgan fingerprint density at radius 3 is 2.36 bits per heavy atom. The van der Waals surface area contributed by atoms with Crippen LogP contribution in [0.15, 0.2) is 24.3 Å². The van der Waals surface area contributed by atoms with E-state index in [4.69, 9.17) is 0 Å². The van der Waals surface area contributed by atoms with Gasteiger partial charge in [0.15, 0.2) is 0 Å². The molecule has 0 saturated carbocycles. The molecule has 1 aromatic rings. The molecule has 0 aromatic heterocycles. The van der Waals surface area contributed by atoms with Gasteiger partial charge >= 0.3 is 0 Å². The third kappa shape index (κ3) is 2.71. The summed E-state index contributed by atoms with van der Waals surface area (Å²) in [6.45, 7) is 3.54. The Morgan fingerprint density at radius 1 is 1.18 bits per heavy atom. The van der Waals surface area contributed by atoms with E-state index in [1.54, 1.807) is 0 Å². The molecule has 1 heteroatoms. The second kappa shape index (κ2) is 4.12. The highest BCUT2D eigenvalue weighted by Gasteiger charge is 1.91. The van der Waals surface area contributed by atoms with Gasteiger partial charge in [-0.15, -0.1) is 0 Å². The molecule has 0 bridgehead atoms. The Labute approximate surface area is 67.1 Å². The van der Waals surface area contributed by atoms with Crippen molar-refractivity contribution in [3.63, 3.8) is 0 Å². The van der Waals surface area contributed by atoms with Crippen LogP contribution in [0.1, 0.15) is 17.5 Å². The van der Waals surface area contributed by atoms with Gasteiger partial charge in [-0.25, -0.2) is 0 Å². The Bertz CT molecular complexity index is 201. The predicted molar refractivity (Wildman–Crippen MR) is 45.2 cm³/mol. The van der Waals surface area contributed by atoms with E-state index in [1.165, 1.54) is 5.56 Å². The maximum Gasteiger partial charge on any atom is 0.0897 e. The standard InChI is InChI=1S/C10H12F/c1-9-4-6-10(7-5-9)3-2-8-11/h4-7H,1-3,8H2. The fourth-order valence-corrected chi connectivity index (χ4v) is 0.977. The quantitative estimate of drug-likeness (QED) is 0.623. The van der Waals surface area contributed by atoms with Crippen molar-refractivity contribution in [3.05, 3.63) is 42.3 Å². The highest BCUT2D eigenvalue weighted by Crippen LogP contribution is 2.05. The monoisotopic (exact) mass is 151 g/mol. The summed E-state index contributed by atoms with van der Waals surface area (Å²) in [7, 11) is 0. The number of alkyl halides is 1. The zero-order chi connectivity index (χ0) is 8.10. The van der Waals surface area contributed by atoms with Crippen LogP contribution in [0.3, 0.4) is 0 Å². The lowest BCUT2D eigenvalue weighted by Crippen LogP contribution is -1.85. The maximum atomic E-state index is 11.7. The summed E-state index contributed by atoms with van der Waals surface area (Å²) in [4.78, 5) is 0. The van der Waals surface area contributed by atoms with Crippen LogP contribution in [0.4, 0.5) is 4.39 Å². The summed E-state index contributed by atoms with van der Waals surface area (Å²) in [6, 6.07) is 7.90. The lowest BCUT2D eigenvalue weighted by molar-refractivity contribution is 0.473. The van der Waals surface area contributed by atoms with Crippen molar-refractivity contribution in [2.24, 2.45) is 0 Å². The molecule has 0 N–H and O–H groups in total. The van der Waals surface area contributed by atoms with Crippen LogP contribution in [-0.2, 0) is 6.42 Å². The van der Waals surface area contributed by atoms with Crippen LogP contribution in [0.5, 0.6) is 0 Å². The van der Waals surface area contributed by atoms with Crippen molar-refractivity contribution >= 4 is 0 Å². The molecule has 1 radical (unpaired) electrons. The molecule has 0 aliphatic carbocycles. The second-order valence-corrected chi connectivity index (χ2v) is 2.61. The van der Waals surface area contributed by atoms with Gasteiger partial charge in [-0.1, -0.05) is 24.3 Å². The lowest BCUT2D eigenvalue weighted by Gasteiger charge is -1.98. The number of halogens is 1. The van der Waals surface area contributed by atoms with Crippen molar-refractivity contribution in [1.29, 1.82) is 0 Å². The van der Waals surface area contributed by atoms with Crippen molar-refractivity contribution in [2.75, 3.05) is 6.67 Å². The number of aryl methyl sites for hydroxylation is 1. The molecule has 1 rings (SSSR count). The minimum Gasteiger partial charge on any atom is -0.251 e. The van der Waals surface area contributed by atoms with Crippen molar-refractivity contribution in [2.45, 2.75) is 12.8 Å². The van der Waals surface area contributed by atoms with Crippen LogP contribution in [0.2, 0.25) is 0 Å². The van der Waals surface area contributed by atoms with E-state index < -0.39 is 0 Å². The van der Waals surface area contributed by atoms with Crippen molar-refractivity contribution < 1.29 is 4.39 Å². The van der Waals surface area contributed by atoms with Gasteiger partial charge in [0.1, 0.15) is 0 Å². The molecular weight excluding hydrogens is 139 g/mol. The summed E-state index contributed by atoms with van der Waals surface area (Å²) >= 11 is 0. The number of hydrogen-bond acceptors (Lipinski definition) is 0. The molecule has 0 amide bonds. The molecule has 59 valence electrons. The predicted octanol–water partition coefficient (Wildman–Crippen LogP) is 2.77. The summed E-state index contributed by atoms with van der Waals surface area (Å²) in [5.74, 6) is 0. The number of rotatable bonds is 3. The van der Waals surface area contributed by atoms with Crippen LogP contribution < -0.4 is 0 Å². The van der Waals surface area contributed by atoms with Crippen LogP contribution in [0.25, 0.3) is 0 Å². The van der Waals surface area contributed by atoms with Gasteiger partial charge in [0.25, 0.3) is 0 Å². The molecule has 0 fully saturated rings. The van der Waals surface area contributed by atoms with Gasteiger partial charge in [0.05, 0.1) is 6.67 Å². The molecule has 11 heavy (non-hydrogen) atoms. The molecule has 0 saturated heterocycles. The SMILES string of the molecule is [CH2]c1ccc(CCCF)cc1. The summed E-state index contributed by atoms with van der Waals surface area (Å²) in [5.41, 5.74) is 2.20. The van der Waals surface area contributed by atoms with E-state index in [0.29, 0.717) is 6.42 Å². The lowest BCUT2D eigenvalue weighted by atomic mass is 10.1. The molecule has 0 unspecified atom stereocenters. The number of benzene rings is 1. The van der Waals surface area contributed by atoms with E-state index in [0.717, 1.165) is 12.0 Å². The van der Waals surface area contributed by atoms with Crippen LogP contribution in [-0.4, -0.2) is 6.67 Å². The van der Waals surface area contributed by atoms with Crippen molar-refractivity contribution in [3.8, 4) is 0 Å². The van der Waals surface area contributed by atoms with Crippen molar-refractivity contribution in [1.82, 2.24) is 0 Å². The van der Waals surface area contributed by atoms with Gasteiger partial charge in [-0.2, -0.15) is 0 Å². The average Bonchev–Trinajstić information content (AvgIpc) is 2.04. The number of hydrogen-bond donors (Lipinski definition) is 0. The molecular formula is C10H12F. The Kier molecular flexibility index (Phi) is 3.09. The minimum atomic E-state index is -0.230. The first-order valence-electron chi connectivity index (χ1n) is 3.80. The second-order valence-electron chi connectivity index (χ2n) is 2.61. The average molecular weight is 151 g/mol. The summed E-state index contributed by atoms with van der Waals surface area (Å²) in [6.07, 6.45) is 1.45. The molecule has 0 atom stereocenters. The van der Waals surface area contributed by atoms with E-state index in [2.05, 4.69) is 6.92 Å². The Morgan fingerprint density at radius 2 is 1.82 bits per heavy atom. The van der Waals surface area contributed by atoms with Gasteiger partial charge in [-0.05, 0) is 30.9 Å². The van der Waals surface area contributed by atoms with Crippen LogP contribution in [0, 0.1) is 6.92 Å². The highest BCUT2D eigenvalue weighted by molar-refractivity contribution is 5.24. The molecule has 0 aliphatic rings. The first kappa shape index (κ1) is 8.25. The fourth-order valence-electron chi connectivity index (χ4n) is 0.977. The van der Waals surface area contributed by atoms with Gasteiger partial charge < -0.3 is 0 Å². The molecule has 0 spiro atoms.